The van der Waals surface area contributed by atoms with Crippen LogP contribution in [0.2, 0.25) is 0 Å². The molecule has 1 aliphatic carbocycles. The lowest BCUT2D eigenvalue weighted by atomic mass is 9.81. The van der Waals surface area contributed by atoms with Crippen molar-refractivity contribution in [1.82, 2.24) is 0 Å². The van der Waals surface area contributed by atoms with Crippen LogP contribution >= 0.6 is 0 Å². The molecule has 1 aliphatic rings. The molecule has 0 saturated heterocycles. The summed E-state index contributed by atoms with van der Waals surface area (Å²) in [4.78, 5) is 0. The van der Waals surface area contributed by atoms with Crippen LogP contribution in [-0.2, 0) is 0 Å². The molecule has 1 aromatic heterocycles. The quantitative estimate of drug-likeness (QED) is 0.127. The number of hydrogen-bond acceptors (Lipinski definition) is 1. The van der Waals surface area contributed by atoms with Gasteiger partial charge in [-0.3, -0.25) is 0 Å². The summed E-state index contributed by atoms with van der Waals surface area (Å²) in [5.41, 5.74) is 14.5. The zero-order valence-electron chi connectivity index (χ0n) is 40.3. The predicted octanol–water partition coefficient (Wildman–Crippen LogP) is 21.2. The highest BCUT2D eigenvalue weighted by molar-refractivity contribution is 6.51. The Morgan fingerprint density at radius 1 is 0.187 bits per heavy atom. The topological polar surface area (TPSA) is 13.1 Å². The van der Waals surface area contributed by atoms with E-state index in [-0.39, 0.29) is 0 Å². The first kappa shape index (κ1) is 38.8. The molecule has 0 unspecified atom stereocenters. The lowest BCUT2D eigenvalue weighted by molar-refractivity contribution is 0.669. The van der Waals surface area contributed by atoms with Crippen molar-refractivity contribution in [2.24, 2.45) is 0 Å². The number of benzene rings is 15. The standard InChI is InChI=1S/C74H38O/c1-3-15-39(16-4-1)61-51-25-13-24-44-43-21-9-10-22-45(43)70(66(44)51)74-56-36-32-49-48-31-35-55-67-54(34-30-46(64(48)67)47-29-33-53(71(61)74)68(56)65(47)49)72-62(40-17-5-2-6-18-40)57-37-41-19-7-8-20-42(41)38-58(57)69(73(55)72)52-26-14-28-60-63(52)50-23-11-12-27-59(50)75-60/h1-38H. The molecule has 1 heteroatoms. The Morgan fingerprint density at radius 2 is 0.613 bits per heavy atom. The second-order valence-electron chi connectivity index (χ2n) is 21.2. The molecule has 18 aromatic rings. The van der Waals surface area contributed by atoms with Gasteiger partial charge < -0.3 is 4.42 Å². The van der Waals surface area contributed by atoms with Crippen LogP contribution in [0.25, 0.3) is 196 Å². The molecule has 1 nitrogen and oxygen atoms in total. The molecular formula is C74H38O. The SMILES string of the molecule is c1ccc(-c2c3c(c(-c4cccc5oc6ccccc6c45)c4cc5ccccc5cc24)-c2ccc4c5ccc6c7c(ccc(c8ccc-3c2c84)c57)c2c(-c3ccccc3)c3cccc4c5ccccc5c(c34)c62)cc1. The Hall–Kier alpha value is -9.82. The van der Waals surface area contributed by atoms with Gasteiger partial charge in [-0.1, -0.05) is 206 Å². The van der Waals surface area contributed by atoms with Gasteiger partial charge in [0.2, 0.25) is 0 Å². The molecule has 0 saturated carbocycles. The number of para-hydroxylation sites is 1. The highest BCUT2D eigenvalue weighted by atomic mass is 16.3. The molecule has 19 rings (SSSR count). The molecule has 0 aliphatic heterocycles. The van der Waals surface area contributed by atoms with Crippen LogP contribution in [0.1, 0.15) is 0 Å². The van der Waals surface area contributed by atoms with Crippen molar-refractivity contribution < 1.29 is 4.42 Å². The fourth-order valence-corrected chi connectivity index (χ4v) is 15.0. The molecular weight excluding hydrogens is 905 g/mol. The molecule has 75 heavy (non-hydrogen) atoms. The van der Waals surface area contributed by atoms with Crippen molar-refractivity contribution >= 4 is 140 Å². The van der Waals surface area contributed by atoms with Crippen LogP contribution < -0.4 is 0 Å². The Bertz CT molecular complexity index is 5540. The third kappa shape index (κ3) is 4.64. The van der Waals surface area contributed by atoms with E-state index in [9.17, 15) is 0 Å². The van der Waals surface area contributed by atoms with E-state index in [0.29, 0.717) is 0 Å². The van der Waals surface area contributed by atoms with Crippen molar-refractivity contribution in [3.05, 3.63) is 231 Å². The summed E-state index contributed by atoms with van der Waals surface area (Å²) >= 11 is 0. The average Bonchev–Trinajstić information content (AvgIpc) is 4.43. The first-order valence-electron chi connectivity index (χ1n) is 26.2. The maximum absolute atomic E-state index is 6.66. The minimum absolute atomic E-state index is 0.904. The molecule has 0 radical (unpaired) electrons. The summed E-state index contributed by atoms with van der Waals surface area (Å²) < 4.78 is 6.66. The summed E-state index contributed by atoms with van der Waals surface area (Å²) in [6.45, 7) is 0. The normalized spacial score (nSPS) is 12.8. The predicted molar refractivity (Wildman–Crippen MR) is 321 cm³/mol. The fourth-order valence-electron chi connectivity index (χ4n) is 15.0. The lowest BCUT2D eigenvalue weighted by Crippen LogP contribution is -1.94. The number of fused-ring (bicyclic) bond motifs is 17. The smallest absolute Gasteiger partial charge is 0.136 e. The zero-order valence-corrected chi connectivity index (χ0v) is 40.3. The second kappa shape index (κ2) is 13.6. The van der Waals surface area contributed by atoms with Gasteiger partial charge in [0.15, 0.2) is 0 Å². The van der Waals surface area contributed by atoms with E-state index in [2.05, 4.69) is 231 Å². The van der Waals surface area contributed by atoms with Crippen molar-refractivity contribution in [1.29, 1.82) is 0 Å². The van der Waals surface area contributed by atoms with Gasteiger partial charge in [0.25, 0.3) is 0 Å². The molecule has 0 fully saturated rings. The van der Waals surface area contributed by atoms with Gasteiger partial charge in [0, 0.05) is 10.8 Å². The largest absolute Gasteiger partial charge is 0.456 e. The number of hydrogen-bond donors (Lipinski definition) is 0. The maximum atomic E-state index is 6.66. The summed E-state index contributed by atoms with van der Waals surface area (Å²) in [6.07, 6.45) is 0. The molecule has 17 aromatic carbocycles. The fraction of sp³-hybridized carbons (Fsp3) is 0. The summed E-state index contributed by atoms with van der Waals surface area (Å²) in [7, 11) is 0. The van der Waals surface area contributed by atoms with Gasteiger partial charge in [-0.2, -0.15) is 0 Å². The van der Waals surface area contributed by atoms with Gasteiger partial charge in [-0.25, -0.2) is 0 Å². The summed E-state index contributed by atoms with van der Waals surface area (Å²) in [5.74, 6) is 0. The van der Waals surface area contributed by atoms with Gasteiger partial charge >= 0.3 is 0 Å². The van der Waals surface area contributed by atoms with Crippen molar-refractivity contribution in [2.75, 3.05) is 0 Å². The van der Waals surface area contributed by atoms with Gasteiger partial charge in [-0.05, 0) is 198 Å². The number of rotatable bonds is 3. The van der Waals surface area contributed by atoms with Gasteiger partial charge in [0.1, 0.15) is 11.2 Å². The summed E-state index contributed by atoms with van der Waals surface area (Å²) in [5, 5.41) is 31.3. The minimum Gasteiger partial charge on any atom is -0.456 e. The van der Waals surface area contributed by atoms with E-state index < -0.39 is 0 Å². The van der Waals surface area contributed by atoms with Crippen LogP contribution in [-0.4, -0.2) is 0 Å². The summed E-state index contributed by atoms with van der Waals surface area (Å²) in [6, 6.07) is 87.0. The van der Waals surface area contributed by atoms with Crippen LogP contribution in [0, 0.1) is 0 Å². The first-order chi connectivity index (χ1) is 37.3. The Labute approximate surface area is 428 Å². The monoisotopic (exact) mass is 942 g/mol. The molecule has 0 N–H and O–H groups in total. The molecule has 0 amide bonds. The Kier molecular flexibility index (Phi) is 7.04. The van der Waals surface area contributed by atoms with Crippen LogP contribution in [0.3, 0.4) is 0 Å². The average molecular weight is 943 g/mol. The highest BCUT2D eigenvalue weighted by Crippen LogP contribution is 2.62. The van der Waals surface area contributed by atoms with Crippen molar-refractivity contribution in [3.63, 3.8) is 0 Å². The molecule has 1 heterocycles. The van der Waals surface area contributed by atoms with E-state index in [0.717, 1.165) is 21.9 Å². The minimum atomic E-state index is 0.904. The van der Waals surface area contributed by atoms with E-state index in [1.54, 1.807) is 0 Å². The molecule has 0 bridgehead atoms. The van der Waals surface area contributed by atoms with Crippen LogP contribution in [0.5, 0.6) is 0 Å². The maximum Gasteiger partial charge on any atom is 0.136 e. The van der Waals surface area contributed by atoms with Crippen LogP contribution in [0.15, 0.2) is 235 Å². The highest BCUT2D eigenvalue weighted by Gasteiger charge is 2.34. The molecule has 340 valence electrons. The third-order valence-corrected chi connectivity index (χ3v) is 17.8. The van der Waals surface area contributed by atoms with Gasteiger partial charge in [0.05, 0.1) is 0 Å². The van der Waals surface area contributed by atoms with E-state index in [1.807, 2.05) is 0 Å². The molecule has 0 spiro atoms. The Morgan fingerprint density at radius 3 is 1.33 bits per heavy atom. The van der Waals surface area contributed by atoms with Crippen LogP contribution in [0.4, 0.5) is 0 Å². The van der Waals surface area contributed by atoms with Crippen molar-refractivity contribution in [2.45, 2.75) is 0 Å². The number of furan rings is 1. The zero-order chi connectivity index (χ0) is 48.4. The Balaban J connectivity index is 0.990. The molecule has 0 atom stereocenters. The van der Waals surface area contributed by atoms with E-state index in [1.165, 1.54) is 174 Å². The van der Waals surface area contributed by atoms with Gasteiger partial charge in [-0.15, -0.1) is 0 Å². The lowest BCUT2D eigenvalue weighted by Gasteiger charge is -2.21. The first-order valence-corrected chi connectivity index (χ1v) is 26.2. The van der Waals surface area contributed by atoms with Crippen molar-refractivity contribution in [3.8, 4) is 55.6 Å². The van der Waals surface area contributed by atoms with E-state index >= 15 is 0 Å². The second-order valence-corrected chi connectivity index (χ2v) is 21.2. The van der Waals surface area contributed by atoms with E-state index in [4.69, 9.17) is 4.42 Å². The third-order valence-electron chi connectivity index (χ3n) is 17.8.